The van der Waals surface area contributed by atoms with E-state index in [2.05, 4.69) is 17.3 Å². The molecule has 0 spiro atoms. The van der Waals surface area contributed by atoms with Crippen LogP contribution in [-0.2, 0) is 6.42 Å². The zero-order chi connectivity index (χ0) is 14.8. The molecule has 1 unspecified atom stereocenters. The highest BCUT2D eigenvalue weighted by atomic mass is 16.6. The number of nitro benzene ring substituents is 1. The molecule has 0 aliphatic heterocycles. The second-order valence-corrected chi connectivity index (χ2v) is 5.24. The predicted octanol–water partition coefficient (Wildman–Crippen LogP) is 2.77. The van der Waals surface area contributed by atoms with Gasteiger partial charge in [0.2, 0.25) is 0 Å². The van der Waals surface area contributed by atoms with Crippen molar-refractivity contribution >= 4 is 5.69 Å². The van der Waals surface area contributed by atoms with Gasteiger partial charge in [-0.25, -0.2) is 4.68 Å². The molecule has 0 saturated heterocycles. The molecule has 6 heteroatoms. The zero-order valence-corrected chi connectivity index (χ0v) is 12.0. The molecule has 1 atom stereocenters. The lowest BCUT2D eigenvalue weighted by Crippen LogP contribution is -2.24. The Morgan fingerprint density at radius 3 is 3.14 bits per heavy atom. The van der Waals surface area contributed by atoms with Gasteiger partial charge in [0.05, 0.1) is 16.8 Å². The summed E-state index contributed by atoms with van der Waals surface area (Å²) in [6.07, 6.45) is 5.06. The van der Waals surface area contributed by atoms with Crippen LogP contribution in [0.5, 0.6) is 0 Å². The van der Waals surface area contributed by atoms with Crippen molar-refractivity contribution in [3.63, 3.8) is 0 Å². The zero-order valence-electron chi connectivity index (χ0n) is 12.0. The van der Waals surface area contributed by atoms with Crippen LogP contribution in [0.2, 0.25) is 0 Å². The average Bonchev–Trinajstić information content (AvgIpc) is 2.93. The van der Waals surface area contributed by atoms with Crippen LogP contribution in [0, 0.1) is 10.1 Å². The van der Waals surface area contributed by atoms with E-state index < -0.39 is 0 Å². The number of aromatic nitrogens is 2. The molecule has 0 bridgehead atoms. The highest BCUT2D eigenvalue weighted by Gasteiger charge is 2.24. The van der Waals surface area contributed by atoms with Crippen LogP contribution < -0.4 is 5.32 Å². The number of benzene rings is 1. The summed E-state index contributed by atoms with van der Waals surface area (Å²) in [6.45, 7) is 3.02. The largest absolute Gasteiger partial charge is 0.310 e. The quantitative estimate of drug-likeness (QED) is 0.693. The molecule has 0 saturated carbocycles. The molecular weight excluding hydrogens is 268 g/mol. The van der Waals surface area contributed by atoms with Crippen molar-refractivity contribution in [1.82, 2.24) is 15.1 Å². The van der Waals surface area contributed by atoms with Crippen LogP contribution in [0.1, 0.15) is 37.1 Å². The lowest BCUT2D eigenvalue weighted by Gasteiger charge is -2.23. The van der Waals surface area contributed by atoms with Gasteiger partial charge in [-0.15, -0.1) is 0 Å². The first-order valence-electron chi connectivity index (χ1n) is 7.25. The van der Waals surface area contributed by atoms with Crippen molar-refractivity contribution in [1.29, 1.82) is 0 Å². The third kappa shape index (κ3) is 2.54. The number of hydrogen-bond acceptors (Lipinski definition) is 4. The fourth-order valence-electron chi connectivity index (χ4n) is 2.98. The standard InChI is InChI=1S/C15H18N4O2/c1-2-16-14-7-4-8-15-13(14)10-17-18(15)11-5-3-6-12(9-11)19(20)21/h3,5-6,9-10,14,16H,2,4,7-8H2,1H3. The van der Waals surface area contributed by atoms with Crippen molar-refractivity contribution in [3.05, 3.63) is 51.8 Å². The number of nitrogens with zero attached hydrogens (tertiary/aromatic N) is 3. The van der Waals surface area contributed by atoms with E-state index in [1.807, 2.05) is 16.9 Å². The molecule has 21 heavy (non-hydrogen) atoms. The monoisotopic (exact) mass is 286 g/mol. The SMILES string of the molecule is CCNC1CCCc2c1cnn2-c1cccc([N+](=O)[O-])c1. The Labute approximate surface area is 122 Å². The van der Waals surface area contributed by atoms with Crippen LogP contribution in [-0.4, -0.2) is 21.2 Å². The first-order chi connectivity index (χ1) is 10.2. The molecule has 1 aliphatic carbocycles. The van der Waals surface area contributed by atoms with E-state index >= 15 is 0 Å². The van der Waals surface area contributed by atoms with E-state index in [0.29, 0.717) is 6.04 Å². The number of rotatable bonds is 4. The molecule has 0 amide bonds. The Hall–Kier alpha value is -2.21. The first-order valence-corrected chi connectivity index (χ1v) is 7.25. The number of nitrogens with one attached hydrogen (secondary N) is 1. The maximum atomic E-state index is 10.9. The molecule has 3 rings (SSSR count). The second-order valence-electron chi connectivity index (χ2n) is 5.24. The molecule has 2 aromatic rings. The number of nitro groups is 1. The van der Waals surface area contributed by atoms with Gasteiger partial charge in [0.1, 0.15) is 0 Å². The Morgan fingerprint density at radius 1 is 1.52 bits per heavy atom. The van der Waals surface area contributed by atoms with Gasteiger partial charge in [-0.1, -0.05) is 13.0 Å². The number of fused-ring (bicyclic) bond motifs is 1. The molecule has 0 fully saturated rings. The van der Waals surface area contributed by atoms with Gasteiger partial charge in [-0.2, -0.15) is 5.10 Å². The number of non-ortho nitro benzene ring substituents is 1. The van der Waals surface area contributed by atoms with Crippen molar-refractivity contribution in [2.45, 2.75) is 32.2 Å². The van der Waals surface area contributed by atoms with E-state index in [1.165, 1.54) is 11.6 Å². The van der Waals surface area contributed by atoms with Gasteiger partial charge in [-0.3, -0.25) is 10.1 Å². The Bertz CT molecular complexity index is 665. The first kappa shape index (κ1) is 13.8. The summed E-state index contributed by atoms with van der Waals surface area (Å²) in [6, 6.07) is 6.97. The van der Waals surface area contributed by atoms with Crippen LogP contribution in [0.25, 0.3) is 5.69 Å². The van der Waals surface area contributed by atoms with Crippen LogP contribution in [0.3, 0.4) is 0 Å². The van der Waals surface area contributed by atoms with E-state index in [-0.39, 0.29) is 10.6 Å². The van der Waals surface area contributed by atoms with E-state index in [0.717, 1.165) is 37.2 Å². The van der Waals surface area contributed by atoms with Gasteiger partial charge in [0, 0.05) is 29.4 Å². The van der Waals surface area contributed by atoms with Gasteiger partial charge in [-0.05, 0) is 31.9 Å². The average molecular weight is 286 g/mol. The molecular formula is C15H18N4O2. The van der Waals surface area contributed by atoms with Gasteiger partial charge < -0.3 is 5.32 Å². The summed E-state index contributed by atoms with van der Waals surface area (Å²) < 4.78 is 1.84. The van der Waals surface area contributed by atoms with Crippen molar-refractivity contribution in [2.24, 2.45) is 0 Å². The molecule has 0 radical (unpaired) electrons. The Morgan fingerprint density at radius 2 is 2.38 bits per heavy atom. The van der Waals surface area contributed by atoms with E-state index in [1.54, 1.807) is 12.1 Å². The summed E-state index contributed by atoms with van der Waals surface area (Å²) in [7, 11) is 0. The maximum absolute atomic E-state index is 10.9. The summed E-state index contributed by atoms with van der Waals surface area (Å²) >= 11 is 0. The molecule has 1 aliphatic rings. The van der Waals surface area contributed by atoms with Gasteiger partial charge in [0.15, 0.2) is 0 Å². The molecule has 1 aromatic heterocycles. The predicted molar refractivity (Wildman–Crippen MR) is 79.6 cm³/mol. The van der Waals surface area contributed by atoms with Crippen LogP contribution >= 0.6 is 0 Å². The lowest BCUT2D eigenvalue weighted by atomic mass is 9.93. The summed E-state index contributed by atoms with van der Waals surface area (Å²) in [5.41, 5.74) is 3.22. The molecule has 1 N–H and O–H groups in total. The summed E-state index contributed by atoms with van der Waals surface area (Å²) in [4.78, 5) is 10.5. The maximum Gasteiger partial charge on any atom is 0.271 e. The normalized spacial score (nSPS) is 17.5. The Kier molecular flexibility index (Phi) is 3.70. The fraction of sp³-hybridized carbons (Fsp3) is 0.400. The molecule has 6 nitrogen and oxygen atoms in total. The number of hydrogen-bond donors (Lipinski definition) is 1. The highest BCUT2D eigenvalue weighted by Crippen LogP contribution is 2.31. The molecule has 1 heterocycles. The van der Waals surface area contributed by atoms with Gasteiger partial charge in [0.25, 0.3) is 5.69 Å². The third-order valence-corrected chi connectivity index (χ3v) is 3.92. The van der Waals surface area contributed by atoms with E-state index in [9.17, 15) is 10.1 Å². The fourth-order valence-corrected chi connectivity index (χ4v) is 2.98. The molecule has 1 aromatic carbocycles. The smallest absolute Gasteiger partial charge is 0.271 e. The summed E-state index contributed by atoms with van der Waals surface area (Å²) in [5, 5.41) is 18.8. The third-order valence-electron chi connectivity index (χ3n) is 3.92. The van der Waals surface area contributed by atoms with Crippen LogP contribution in [0.4, 0.5) is 5.69 Å². The lowest BCUT2D eigenvalue weighted by molar-refractivity contribution is -0.384. The summed E-state index contributed by atoms with van der Waals surface area (Å²) in [5.74, 6) is 0. The van der Waals surface area contributed by atoms with Crippen molar-refractivity contribution in [3.8, 4) is 5.69 Å². The van der Waals surface area contributed by atoms with Crippen LogP contribution in [0.15, 0.2) is 30.5 Å². The van der Waals surface area contributed by atoms with E-state index in [4.69, 9.17) is 0 Å². The van der Waals surface area contributed by atoms with Crippen molar-refractivity contribution < 1.29 is 4.92 Å². The van der Waals surface area contributed by atoms with Crippen molar-refractivity contribution in [2.75, 3.05) is 6.54 Å². The Balaban J connectivity index is 2.01. The second kappa shape index (κ2) is 5.65. The topological polar surface area (TPSA) is 73.0 Å². The minimum atomic E-state index is -0.374. The van der Waals surface area contributed by atoms with Gasteiger partial charge >= 0.3 is 0 Å². The minimum absolute atomic E-state index is 0.0933. The highest BCUT2D eigenvalue weighted by molar-refractivity contribution is 5.45. The minimum Gasteiger partial charge on any atom is -0.310 e. The molecule has 110 valence electrons.